The first kappa shape index (κ1) is 13.3. The van der Waals surface area contributed by atoms with Crippen molar-refractivity contribution in [3.63, 3.8) is 0 Å². The van der Waals surface area contributed by atoms with E-state index in [9.17, 15) is 9.59 Å². The number of nitrogens with one attached hydrogen (secondary N) is 1. The Hall–Kier alpha value is -2.13. The zero-order chi connectivity index (χ0) is 13.7. The highest BCUT2D eigenvalue weighted by atomic mass is 35.5. The van der Waals surface area contributed by atoms with E-state index in [2.05, 4.69) is 5.32 Å². The summed E-state index contributed by atoms with van der Waals surface area (Å²) in [5.74, 6) is -0.366. The van der Waals surface area contributed by atoms with Crippen LogP contribution in [0, 0.1) is 0 Å². The predicted octanol–water partition coefficient (Wildman–Crippen LogP) is 3.36. The van der Waals surface area contributed by atoms with E-state index in [1.165, 1.54) is 0 Å². The van der Waals surface area contributed by atoms with Crippen molar-refractivity contribution >= 4 is 29.0 Å². The lowest BCUT2D eigenvalue weighted by Gasteiger charge is -2.05. The Morgan fingerprint density at radius 3 is 2.11 bits per heavy atom. The van der Waals surface area contributed by atoms with Crippen LogP contribution >= 0.6 is 11.6 Å². The van der Waals surface area contributed by atoms with Gasteiger partial charge in [-0.15, -0.1) is 11.6 Å². The number of carbonyl (C=O) groups is 2. The van der Waals surface area contributed by atoms with Gasteiger partial charge in [0, 0.05) is 16.8 Å². The average molecular weight is 274 g/mol. The van der Waals surface area contributed by atoms with Crippen LogP contribution in [0.3, 0.4) is 0 Å². The minimum Gasteiger partial charge on any atom is -0.322 e. The Balaban J connectivity index is 2.08. The van der Waals surface area contributed by atoms with Gasteiger partial charge < -0.3 is 5.32 Å². The van der Waals surface area contributed by atoms with Crippen LogP contribution < -0.4 is 5.32 Å². The molecule has 0 bridgehead atoms. The number of ketones is 1. The van der Waals surface area contributed by atoms with Gasteiger partial charge in [-0.1, -0.05) is 18.2 Å². The number of hydrogen-bond donors (Lipinski definition) is 1. The molecule has 2 rings (SSSR count). The monoisotopic (exact) mass is 273 g/mol. The highest BCUT2D eigenvalue weighted by molar-refractivity contribution is 6.30. The number of benzene rings is 2. The van der Waals surface area contributed by atoms with Crippen molar-refractivity contribution < 1.29 is 9.59 Å². The zero-order valence-corrected chi connectivity index (χ0v) is 10.9. The number of carbonyl (C=O) groups excluding carboxylic acids is 2. The number of anilines is 1. The van der Waals surface area contributed by atoms with Gasteiger partial charge in [0.15, 0.2) is 5.78 Å². The number of rotatable bonds is 4. The van der Waals surface area contributed by atoms with Crippen LogP contribution in [-0.2, 0) is 0 Å². The molecule has 2 aromatic carbocycles. The normalized spacial score (nSPS) is 9.95. The van der Waals surface area contributed by atoms with Gasteiger partial charge in [-0.25, -0.2) is 0 Å². The molecule has 0 aromatic heterocycles. The fourth-order valence-electron chi connectivity index (χ4n) is 1.61. The lowest BCUT2D eigenvalue weighted by atomic mass is 10.1. The maximum absolute atomic E-state index is 11.9. The number of halogens is 1. The fourth-order valence-corrected chi connectivity index (χ4v) is 1.76. The Bertz CT molecular complexity index is 579. The second-order valence-corrected chi connectivity index (χ2v) is 4.22. The van der Waals surface area contributed by atoms with Gasteiger partial charge in [-0.3, -0.25) is 9.59 Å². The topological polar surface area (TPSA) is 46.2 Å². The molecule has 2 aromatic rings. The maximum Gasteiger partial charge on any atom is 0.255 e. The third-order valence-electron chi connectivity index (χ3n) is 2.62. The molecule has 4 heteroatoms. The van der Waals surface area contributed by atoms with E-state index in [0.29, 0.717) is 16.8 Å². The van der Waals surface area contributed by atoms with Gasteiger partial charge in [-0.2, -0.15) is 0 Å². The van der Waals surface area contributed by atoms with Crippen molar-refractivity contribution in [1.29, 1.82) is 0 Å². The van der Waals surface area contributed by atoms with Crippen molar-refractivity contribution in [3.05, 3.63) is 65.7 Å². The highest BCUT2D eigenvalue weighted by Crippen LogP contribution is 2.12. The largest absolute Gasteiger partial charge is 0.322 e. The SMILES string of the molecule is O=C(CCl)c1ccc(NC(=O)c2ccccc2)cc1. The summed E-state index contributed by atoms with van der Waals surface area (Å²) in [5.41, 5.74) is 1.76. The molecule has 1 N–H and O–H groups in total. The summed E-state index contributed by atoms with van der Waals surface area (Å²) in [6.07, 6.45) is 0. The summed E-state index contributed by atoms with van der Waals surface area (Å²) in [7, 11) is 0. The van der Waals surface area contributed by atoms with Crippen molar-refractivity contribution in [2.45, 2.75) is 0 Å². The second-order valence-electron chi connectivity index (χ2n) is 3.95. The third-order valence-corrected chi connectivity index (χ3v) is 2.86. The lowest BCUT2D eigenvalue weighted by molar-refractivity contribution is 0.101. The standard InChI is InChI=1S/C15H12ClNO2/c16-10-14(18)11-6-8-13(9-7-11)17-15(19)12-4-2-1-3-5-12/h1-9H,10H2,(H,17,19). The summed E-state index contributed by atoms with van der Waals surface area (Å²) in [6, 6.07) is 15.6. The Morgan fingerprint density at radius 1 is 0.895 bits per heavy atom. The van der Waals surface area contributed by atoms with Gasteiger partial charge in [0.2, 0.25) is 0 Å². The van der Waals surface area contributed by atoms with Crippen LogP contribution in [0.15, 0.2) is 54.6 Å². The molecule has 0 saturated carbocycles. The van der Waals surface area contributed by atoms with E-state index in [4.69, 9.17) is 11.6 Å². The second kappa shape index (κ2) is 6.16. The molecule has 0 fully saturated rings. The first-order chi connectivity index (χ1) is 9.20. The van der Waals surface area contributed by atoms with E-state index in [0.717, 1.165) is 0 Å². The zero-order valence-electron chi connectivity index (χ0n) is 10.1. The van der Waals surface area contributed by atoms with Crippen LogP contribution in [0.2, 0.25) is 0 Å². The van der Waals surface area contributed by atoms with E-state index in [1.807, 2.05) is 6.07 Å². The smallest absolute Gasteiger partial charge is 0.255 e. The number of hydrogen-bond acceptors (Lipinski definition) is 2. The molecule has 0 unspecified atom stereocenters. The summed E-state index contributed by atoms with van der Waals surface area (Å²) < 4.78 is 0. The minimum atomic E-state index is -0.183. The molecule has 0 aliphatic carbocycles. The van der Waals surface area contributed by atoms with Crippen LogP contribution in [0.1, 0.15) is 20.7 Å². The van der Waals surface area contributed by atoms with E-state index in [1.54, 1.807) is 48.5 Å². The Kier molecular flexibility index (Phi) is 4.31. The average Bonchev–Trinajstić information content (AvgIpc) is 2.48. The predicted molar refractivity (Wildman–Crippen MR) is 75.9 cm³/mol. The molecule has 0 aliphatic rings. The quantitative estimate of drug-likeness (QED) is 0.686. The summed E-state index contributed by atoms with van der Waals surface area (Å²) in [5, 5.41) is 2.76. The van der Waals surface area contributed by atoms with Crippen LogP contribution in [0.4, 0.5) is 5.69 Å². The summed E-state index contributed by atoms with van der Waals surface area (Å²) in [6.45, 7) is 0. The van der Waals surface area contributed by atoms with E-state index in [-0.39, 0.29) is 17.6 Å². The number of Topliss-reactive ketones (excluding diaryl/α,β-unsaturated/α-hetero) is 1. The molecule has 0 spiro atoms. The highest BCUT2D eigenvalue weighted by Gasteiger charge is 2.06. The Morgan fingerprint density at radius 2 is 1.53 bits per heavy atom. The van der Waals surface area contributed by atoms with Gasteiger partial charge in [0.05, 0.1) is 5.88 Å². The van der Waals surface area contributed by atoms with Gasteiger partial charge in [-0.05, 0) is 36.4 Å². The van der Waals surface area contributed by atoms with E-state index >= 15 is 0 Å². The number of alkyl halides is 1. The van der Waals surface area contributed by atoms with Gasteiger partial charge in [0.1, 0.15) is 0 Å². The van der Waals surface area contributed by atoms with Crippen molar-refractivity contribution in [2.24, 2.45) is 0 Å². The molecule has 1 amide bonds. The molecule has 3 nitrogen and oxygen atoms in total. The molecule has 96 valence electrons. The molecule has 0 heterocycles. The fraction of sp³-hybridized carbons (Fsp3) is 0.0667. The van der Waals surface area contributed by atoms with Crippen LogP contribution in [-0.4, -0.2) is 17.6 Å². The lowest BCUT2D eigenvalue weighted by Crippen LogP contribution is -2.11. The first-order valence-electron chi connectivity index (χ1n) is 5.76. The summed E-state index contributed by atoms with van der Waals surface area (Å²) in [4.78, 5) is 23.2. The van der Waals surface area contributed by atoms with Crippen molar-refractivity contribution in [2.75, 3.05) is 11.2 Å². The molecule has 0 saturated heterocycles. The number of amides is 1. The maximum atomic E-state index is 11.9. The molecule has 19 heavy (non-hydrogen) atoms. The molecule has 0 aliphatic heterocycles. The van der Waals surface area contributed by atoms with Gasteiger partial charge in [0.25, 0.3) is 5.91 Å². The van der Waals surface area contributed by atoms with Crippen molar-refractivity contribution in [1.82, 2.24) is 0 Å². The van der Waals surface area contributed by atoms with E-state index < -0.39 is 0 Å². The van der Waals surface area contributed by atoms with Crippen LogP contribution in [0.5, 0.6) is 0 Å². The Labute approximate surface area is 116 Å². The van der Waals surface area contributed by atoms with Gasteiger partial charge >= 0.3 is 0 Å². The third kappa shape index (κ3) is 3.42. The molecular formula is C15H12ClNO2. The van der Waals surface area contributed by atoms with Crippen LogP contribution in [0.25, 0.3) is 0 Å². The summed E-state index contributed by atoms with van der Waals surface area (Å²) >= 11 is 5.47. The van der Waals surface area contributed by atoms with Crippen molar-refractivity contribution in [3.8, 4) is 0 Å². The molecular weight excluding hydrogens is 262 g/mol. The minimum absolute atomic E-state index is 0.0459. The molecule has 0 atom stereocenters. The molecule has 0 radical (unpaired) electrons. The first-order valence-corrected chi connectivity index (χ1v) is 6.30.